The SMILES string of the molecule is BrCC=CCCCCCCCCI. The smallest absolute Gasteiger partial charge is 0.0212 e. The number of alkyl halides is 2. The summed E-state index contributed by atoms with van der Waals surface area (Å²) in [6, 6.07) is 0. The molecule has 0 aromatic heterocycles. The van der Waals surface area contributed by atoms with E-state index in [1.807, 2.05) is 0 Å². The maximum absolute atomic E-state index is 3.37. The standard InChI is InChI=1S/C11H20BrI/c12-10-8-6-4-2-1-3-5-7-9-11-13/h6,8H,1-5,7,9-11H2. The lowest BCUT2D eigenvalue weighted by Crippen LogP contribution is -1.80. The Kier molecular flexibility index (Phi) is 13.9. The fourth-order valence-electron chi connectivity index (χ4n) is 1.24. The molecule has 0 heterocycles. The molecule has 0 N–H and O–H groups in total. The van der Waals surface area contributed by atoms with Crippen LogP contribution in [0.3, 0.4) is 0 Å². The van der Waals surface area contributed by atoms with Gasteiger partial charge in [0.25, 0.3) is 0 Å². The van der Waals surface area contributed by atoms with Gasteiger partial charge in [0.05, 0.1) is 0 Å². The molecular weight excluding hydrogens is 339 g/mol. The van der Waals surface area contributed by atoms with E-state index in [4.69, 9.17) is 0 Å². The molecule has 0 fully saturated rings. The van der Waals surface area contributed by atoms with Crippen LogP contribution in [0.5, 0.6) is 0 Å². The summed E-state index contributed by atoms with van der Waals surface area (Å²) in [5.74, 6) is 0. The molecule has 0 aromatic carbocycles. The van der Waals surface area contributed by atoms with E-state index in [1.54, 1.807) is 0 Å². The predicted molar refractivity (Wildman–Crippen MR) is 74.1 cm³/mol. The van der Waals surface area contributed by atoms with Gasteiger partial charge in [0.2, 0.25) is 0 Å². The van der Waals surface area contributed by atoms with Crippen molar-refractivity contribution in [1.82, 2.24) is 0 Å². The van der Waals surface area contributed by atoms with E-state index >= 15 is 0 Å². The molecular formula is C11H20BrI. The summed E-state index contributed by atoms with van der Waals surface area (Å²) < 4.78 is 1.33. The first-order valence-electron chi connectivity index (χ1n) is 5.18. The van der Waals surface area contributed by atoms with Gasteiger partial charge in [-0.1, -0.05) is 76.4 Å². The summed E-state index contributed by atoms with van der Waals surface area (Å²) in [6.07, 6.45) is 14.2. The first kappa shape index (κ1) is 13.9. The molecule has 0 spiro atoms. The van der Waals surface area contributed by atoms with E-state index < -0.39 is 0 Å². The van der Waals surface area contributed by atoms with Crippen molar-refractivity contribution < 1.29 is 0 Å². The van der Waals surface area contributed by atoms with Crippen LogP contribution in [0.25, 0.3) is 0 Å². The van der Waals surface area contributed by atoms with Crippen LogP contribution in [0.2, 0.25) is 0 Å². The highest BCUT2D eigenvalue weighted by Gasteiger charge is 1.89. The fraction of sp³-hybridized carbons (Fsp3) is 0.818. The van der Waals surface area contributed by atoms with Gasteiger partial charge in [-0.05, 0) is 23.7 Å². The molecule has 0 rings (SSSR count). The predicted octanol–water partition coefficient (Wildman–Crippen LogP) is 5.10. The van der Waals surface area contributed by atoms with Gasteiger partial charge in [-0.25, -0.2) is 0 Å². The second-order valence-corrected chi connectivity index (χ2v) is 4.95. The normalized spacial score (nSPS) is 11.2. The highest BCUT2D eigenvalue weighted by Crippen LogP contribution is 2.08. The Bertz CT molecular complexity index is 113. The quantitative estimate of drug-likeness (QED) is 0.233. The summed E-state index contributed by atoms with van der Waals surface area (Å²) in [4.78, 5) is 0. The average molecular weight is 359 g/mol. The summed E-state index contributed by atoms with van der Waals surface area (Å²) >= 11 is 5.83. The van der Waals surface area contributed by atoms with Crippen molar-refractivity contribution in [1.29, 1.82) is 0 Å². The van der Waals surface area contributed by atoms with Gasteiger partial charge in [-0.3, -0.25) is 0 Å². The Morgan fingerprint density at radius 1 is 0.846 bits per heavy atom. The number of halogens is 2. The molecule has 0 aliphatic heterocycles. The second-order valence-electron chi connectivity index (χ2n) is 3.22. The highest BCUT2D eigenvalue weighted by molar-refractivity contribution is 14.1. The Hall–Kier alpha value is 0.950. The molecule has 2 heteroatoms. The summed E-state index contributed by atoms with van der Waals surface area (Å²) in [5, 5.41) is 1.00. The topological polar surface area (TPSA) is 0 Å². The van der Waals surface area contributed by atoms with E-state index in [9.17, 15) is 0 Å². The van der Waals surface area contributed by atoms with Crippen molar-refractivity contribution in [3.8, 4) is 0 Å². The van der Waals surface area contributed by atoms with E-state index in [1.165, 1.54) is 49.4 Å². The third kappa shape index (κ3) is 12.9. The van der Waals surface area contributed by atoms with Crippen LogP contribution in [0.4, 0.5) is 0 Å². The van der Waals surface area contributed by atoms with Crippen molar-refractivity contribution in [2.24, 2.45) is 0 Å². The molecule has 0 aliphatic carbocycles. The maximum atomic E-state index is 3.37. The fourth-order valence-corrected chi connectivity index (χ4v) is 2.05. The third-order valence-corrected chi connectivity index (χ3v) is 3.15. The minimum absolute atomic E-state index is 1.00. The number of rotatable bonds is 9. The van der Waals surface area contributed by atoms with Gasteiger partial charge in [0, 0.05) is 5.33 Å². The minimum Gasteiger partial charge on any atom is -0.0883 e. The lowest BCUT2D eigenvalue weighted by atomic mass is 10.1. The van der Waals surface area contributed by atoms with Gasteiger partial charge in [-0.15, -0.1) is 0 Å². The van der Waals surface area contributed by atoms with Crippen LogP contribution in [0.1, 0.15) is 44.9 Å². The second kappa shape index (κ2) is 12.9. The lowest BCUT2D eigenvalue weighted by Gasteiger charge is -1.98. The van der Waals surface area contributed by atoms with Crippen molar-refractivity contribution in [2.75, 3.05) is 9.76 Å². The first-order chi connectivity index (χ1) is 6.41. The van der Waals surface area contributed by atoms with E-state index in [0.29, 0.717) is 0 Å². The van der Waals surface area contributed by atoms with E-state index in [2.05, 4.69) is 50.7 Å². The van der Waals surface area contributed by atoms with Gasteiger partial charge in [0.1, 0.15) is 0 Å². The van der Waals surface area contributed by atoms with Crippen LogP contribution in [-0.4, -0.2) is 9.76 Å². The Morgan fingerprint density at radius 2 is 1.46 bits per heavy atom. The summed E-state index contributed by atoms with van der Waals surface area (Å²) in [7, 11) is 0. The lowest BCUT2D eigenvalue weighted by molar-refractivity contribution is 0.614. The van der Waals surface area contributed by atoms with Crippen LogP contribution < -0.4 is 0 Å². The number of unbranched alkanes of at least 4 members (excludes halogenated alkanes) is 6. The molecule has 0 radical (unpaired) electrons. The first-order valence-corrected chi connectivity index (χ1v) is 7.83. The van der Waals surface area contributed by atoms with Crippen molar-refractivity contribution in [3.05, 3.63) is 12.2 Å². The van der Waals surface area contributed by atoms with Crippen molar-refractivity contribution in [3.63, 3.8) is 0 Å². The molecule has 0 nitrogen and oxygen atoms in total. The molecule has 0 aliphatic rings. The molecule has 78 valence electrons. The molecule has 0 aromatic rings. The van der Waals surface area contributed by atoms with Crippen LogP contribution in [0, 0.1) is 0 Å². The zero-order valence-corrected chi connectivity index (χ0v) is 12.0. The van der Waals surface area contributed by atoms with Gasteiger partial charge >= 0.3 is 0 Å². The molecule has 0 unspecified atom stereocenters. The van der Waals surface area contributed by atoms with Crippen LogP contribution in [0.15, 0.2) is 12.2 Å². The number of hydrogen-bond acceptors (Lipinski definition) is 0. The number of allylic oxidation sites excluding steroid dienone is 2. The van der Waals surface area contributed by atoms with E-state index in [-0.39, 0.29) is 0 Å². The Balaban J connectivity index is 2.87. The third-order valence-electron chi connectivity index (χ3n) is 2.01. The number of hydrogen-bond donors (Lipinski definition) is 0. The Morgan fingerprint density at radius 3 is 2.08 bits per heavy atom. The van der Waals surface area contributed by atoms with Gasteiger partial charge in [0.15, 0.2) is 0 Å². The van der Waals surface area contributed by atoms with Gasteiger partial charge in [-0.2, -0.15) is 0 Å². The zero-order valence-electron chi connectivity index (χ0n) is 8.27. The molecule has 13 heavy (non-hydrogen) atoms. The Labute approximate surface area is 105 Å². The largest absolute Gasteiger partial charge is 0.0883 e. The van der Waals surface area contributed by atoms with Crippen molar-refractivity contribution in [2.45, 2.75) is 44.9 Å². The summed E-state index contributed by atoms with van der Waals surface area (Å²) in [5.41, 5.74) is 0. The monoisotopic (exact) mass is 358 g/mol. The highest BCUT2D eigenvalue weighted by atomic mass is 127. The molecule has 0 saturated heterocycles. The molecule has 0 bridgehead atoms. The summed E-state index contributed by atoms with van der Waals surface area (Å²) in [6.45, 7) is 0. The molecule has 0 saturated carbocycles. The average Bonchev–Trinajstić information content (AvgIpc) is 2.16. The molecule has 0 amide bonds. The molecule has 0 atom stereocenters. The van der Waals surface area contributed by atoms with Gasteiger partial charge < -0.3 is 0 Å². The van der Waals surface area contributed by atoms with Crippen LogP contribution in [-0.2, 0) is 0 Å². The van der Waals surface area contributed by atoms with E-state index in [0.717, 1.165) is 5.33 Å². The van der Waals surface area contributed by atoms with Crippen LogP contribution >= 0.6 is 38.5 Å². The zero-order chi connectivity index (χ0) is 9.78. The maximum Gasteiger partial charge on any atom is 0.0212 e. The minimum atomic E-state index is 1.00. The van der Waals surface area contributed by atoms with Crippen molar-refractivity contribution >= 4 is 38.5 Å².